The van der Waals surface area contributed by atoms with Gasteiger partial charge in [-0.3, -0.25) is 0 Å². The lowest BCUT2D eigenvalue weighted by Gasteiger charge is -2.10. The SMILES string of the molecule is C=CCC1c2ccc(OC)cc2OC1O. The van der Waals surface area contributed by atoms with Crippen LogP contribution < -0.4 is 9.47 Å². The van der Waals surface area contributed by atoms with Crippen LogP contribution in [0.25, 0.3) is 0 Å². The van der Waals surface area contributed by atoms with Gasteiger partial charge in [-0.1, -0.05) is 12.1 Å². The van der Waals surface area contributed by atoms with E-state index in [1.165, 1.54) is 0 Å². The van der Waals surface area contributed by atoms with Crippen molar-refractivity contribution >= 4 is 0 Å². The molecule has 0 spiro atoms. The summed E-state index contributed by atoms with van der Waals surface area (Å²) >= 11 is 0. The molecule has 1 aromatic rings. The molecule has 0 radical (unpaired) electrons. The normalized spacial score (nSPS) is 23.1. The van der Waals surface area contributed by atoms with E-state index < -0.39 is 6.29 Å². The standard InChI is InChI=1S/C12H14O3/c1-3-4-10-9-6-5-8(14-2)7-11(9)15-12(10)13/h3,5-7,10,12-13H,1,4H2,2H3. The van der Waals surface area contributed by atoms with Gasteiger partial charge >= 0.3 is 0 Å². The second kappa shape index (κ2) is 3.95. The molecule has 15 heavy (non-hydrogen) atoms. The van der Waals surface area contributed by atoms with Crippen LogP contribution in [0.4, 0.5) is 0 Å². The zero-order chi connectivity index (χ0) is 10.8. The van der Waals surface area contributed by atoms with Gasteiger partial charge in [0.1, 0.15) is 11.5 Å². The minimum atomic E-state index is -0.773. The van der Waals surface area contributed by atoms with Gasteiger partial charge in [0.05, 0.1) is 13.0 Å². The number of benzene rings is 1. The molecule has 2 unspecified atom stereocenters. The summed E-state index contributed by atoms with van der Waals surface area (Å²) in [6.45, 7) is 3.67. The Morgan fingerprint density at radius 3 is 3.07 bits per heavy atom. The number of hydrogen-bond donors (Lipinski definition) is 1. The molecule has 1 aliphatic rings. The molecule has 3 nitrogen and oxygen atoms in total. The van der Waals surface area contributed by atoms with Gasteiger partial charge in [0.2, 0.25) is 6.29 Å². The summed E-state index contributed by atoms with van der Waals surface area (Å²) in [6, 6.07) is 5.59. The van der Waals surface area contributed by atoms with Crippen LogP contribution >= 0.6 is 0 Å². The van der Waals surface area contributed by atoms with Crippen LogP contribution in [0.2, 0.25) is 0 Å². The van der Waals surface area contributed by atoms with E-state index in [-0.39, 0.29) is 5.92 Å². The Hall–Kier alpha value is -1.48. The Balaban J connectivity index is 2.34. The Bertz CT molecular complexity index is 373. The molecule has 0 saturated carbocycles. The number of hydrogen-bond acceptors (Lipinski definition) is 3. The predicted molar refractivity (Wildman–Crippen MR) is 57.2 cm³/mol. The largest absolute Gasteiger partial charge is 0.497 e. The number of allylic oxidation sites excluding steroid dienone is 1. The molecular formula is C12H14O3. The Kier molecular flexibility index (Phi) is 2.64. The Morgan fingerprint density at radius 1 is 1.60 bits per heavy atom. The molecule has 1 heterocycles. The van der Waals surface area contributed by atoms with Gasteiger partial charge in [-0.05, 0) is 12.5 Å². The molecule has 1 N–H and O–H groups in total. The number of rotatable bonds is 3. The van der Waals surface area contributed by atoms with Crippen LogP contribution in [0, 0.1) is 0 Å². The molecule has 80 valence electrons. The predicted octanol–water partition coefficient (Wildman–Crippen LogP) is 2.07. The highest BCUT2D eigenvalue weighted by molar-refractivity contribution is 5.45. The first-order chi connectivity index (χ1) is 7.26. The van der Waals surface area contributed by atoms with Crippen molar-refractivity contribution in [2.75, 3.05) is 7.11 Å². The molecule has 2 atom stereocenters. The maximum Gasteiger partial charge on any atom is 0.204 e. The third-order valence-corrected chi connectivity index (χ3v) is 2.63. The minimum absolute atomic E-state index is 0.0107. The zero-order valence-corrected chi connectivity index (χ0v) is 8.64. The lowest BCUT2D eigenvalue weighted by molar-refractivity contribution is -0.0175. The highest BCUT2D eigenvalue weighted by atomic mass is 16.6. The fraction of sp³-hybridized carbons (Fsp3) is 0.333. The van der Waals surface area contributed by atoms with E-state index in [1.807, 2.05) is 12.1 Å². The second-order valence-corrected chi connectivity index (χ2v) is 3.54. The summed E-state index contributed by atoms with van der Waals surface area (Å²) in [5.74, 6) is 1.43. The van der Waals surface area contributed by atoms with Crippen LogP contribution in [0.15, 0.2) is 30.9 Å². The van der Waals surface area contributed by atoms with Crippen LogP contribution in [0.5, 0.6) is 11.5 Å². The monoisotopic (exact) mass is 206 g/mol. The van der Waals surface area contributed by atoms with Crippen molar-refractivity contribution in [1.82, 2.24) is 0 Å². The lowest BCUT2D eigenvalue weighted by Crippen LogP contribution is -2.16. The fourth-order valence-corrected chi connectivity index (χ4v) is 1.84. The highest BCUT2D eigenvalue weighted by Gasteiger charge is 2.31. The van der Waals surface area contributed by atoms with Gasteiger partial charge in [-0.15, -0.1) is 6.58 Å². The number of methoxy groups -OCH3 is 1. The lowest BCUT2D eigenvalue weighted by atomic mass is 9.97. The number of ether oxygens (including phenoxy) is 2. The van der Waals surface area contributed by atoms with E-state index in [4.69, 9.17) is 9.47 Å². The maximum absolute atomic E-state index is 9.69. The topological polar surface area (TPSA) is 38.7 Å². The average Bonchev–Trinajstić information content (AvgIpc) is 2.55. The maximum atomic E-state index is 9.69. The second-order valence-electron chi connectivity index (χ2n) is 3.54. The molecule has 0 bridgehead atoms. The summed E-state index contributed by atoms with van der Waals surface area (Å²) in [4.78, 5) is 0. The van der Waals surface area contributed by atoms with Crippen LogP contribution in [-0.2, 0) is 0 Å². The summed E-state index contributed by atoms with van der Waals surface area (Å²) in [5.41, 5.74) is 1.02. The Morgan fingerprint density at radius 2 is 2.40 bits per heavy atom. The fourth-order valence-electron chi connectivity index (χ4n) is 1.84. The molecule has 0 saturated heterocycles. The first kappa shape index (κ1) is 10.1. The molecule has 0 amide bonds. The quantitative estimate of drug-likeness (QED) is 0.769. The van der Waals surface area contributed by atoms with E-state index >= 15 is 0 Å². The van der Waals surface area contributed by atoms with E-state index in [0.717, 1.165) is 11.3 Å². The van der Waals surface area contributed by atoms with Crippen molar-refractivity contribution in [1.29, 1.82) is 0 Å². The molecule has 1 aromatic carbocycles. The summed E-state index contributed by atoms with van der Waals surface area (Å²) in [5, 5.41) is 9.69. The molecule has 3 heteroatoms. The first-order valence-corrected chi connectivity index (χ1v) is 4.90. The summed E-state index contributed by atoms with van der Waals surface area (Å²) in [7, 11) is 1.61. The minimum Gasteiger partial charge on any atom is -0.497 e. The van der Waals surface area contributed by atoms with Crippen LogP contribution in [-0.4, -0.2) is 18.5 Å². The van der Waals surface area contributed by atoms with E-state index in [1.54, 1.807) is 19.3 Å². The average molecular weight is 206 g/mol. The molecule has 0 aliphatic carbocycles. The highest BCUT2D eigenvalue weighted by Crippen LogP contribution is 2.41. The van der Waals surface area contributed by atoms with Gasteiger partial charge < -0.3 is 14.6 Å². The third kappa shape index (κ3) is 1.70. The van der Waals surface area contributed by atoms with Crippen LogP contribution in [0.1, 0.15) is 17.9 Å². The summed E-state index contributed by atoms with van der Waals surface area (Å²) < 4.78 is 10.4. The van der Waals surface area contributed by atoms with E-state index in [2.05, 4.69) is 6.58 Å². The molecule has 0 fully saturated rings. The molecule has 2 rings (SSSR count). The van der Waals surface area contributed by atoms with E-state index in [9.17, 15) is 5.11 Å². The van der Waals surface area contributed by atoms with E-state index in [0.29, 0.717) is 12.2 Å². The molecule has 1 aliphatic heterocycles. The van der Waals surface area contributed by atoms with Crippen molar-refractivity contribution < 1.29 is 14.6 Å². The van der Waals surface area contributed by atoms with Crippen molar-refractivity contribution in [3.8, 4) is 11.5 Å². The van der Waals surface area contributed by atoms with Gasteiger partial charge in [-0.25, -0.2) is 0 Å². The number of aliphatic hydroxyl groups is 1. The number of fused-ring (bicyclic) bond motifs is 1. The van der Waals surface area contributed by atoms with Crippen molar-refractivity contribution in [3.05, 3.63) is 36.4 Å². The smallest absolute Gasteiger partial charge is 0.204 e. The van der Waals surface area contributed by atoms with Crippen molar-refractivity contribution in [2.45, 2.75) is 18.6 Å². The van der Waals surface area contributed by atoms with Gasteiger partial charge in [0.25, 0.3) is 0 Å². The first-order valence-electron chi connectivity index (χ1n) is 4.90. The van der Waals surface area contributed by atoms with Crippen LogP contribution in [0.3, 0.4) is 0 Å². The van der Waals surface area contributed by atoms with Gasteiger partial charge in [0, 0.05) is 11.6 Å². The number of aliphatic hydroxyl groups excluding tert-OH is 1. The molecule has 0 aromatic heterocycles. The van der Waals surface area contributed by atoms with Crippen molar-refractivity contribution in [2.24, 2.45) is 0 Å². The van der Waals surface area contributed by atoms with Gasteiger partial charge in [-0.2, -0.15) is 0 Å². The third-order valence-electron chi connectivity index (χ3n) is 2.63. The molecular weight excluding hydrogens is 192 g/mol. The van der Waals surface area contributed by atoms with Crippen molar-refractivity contribution in [3.63, 3.8) is 0 Å². The van der Waals surface area contributed by atoms with Gasteiger partial charge in [0.15, 0.2) is 0 Å². The summed E-state index contributed by atoms with van der Waals surface area (Å²) in [6.07, 6.45) is 1.72. The zero-order valence-electron chi connectivity index (χ0n) is 8.64. The Labute approximate surface area is 88.9 Å².